The third kappa shape index (κ3) is 2.60. The molecule has 2 aromatic heterocycles. The van der Waals surface area contributed by atoms with Crippen molar-refractivity contribution in [2.75, 3.05) is 0 Å². The fourth-order valence-corrected chi connectivity index (χ4v) is 2.23. The highest BCUT2D eigenvalue weighted by molar-refractivity contribution is 7.20. The molecule has 0 aliphatic rings. The highest BCUT2D eigenvalue weighted by Crippen LogP contribution is 2.25. The van der Waals surface area contributed by atoms with E-state index in [1.807, 2.05) is 25.4 Å². The highest BCUT2D eigenvalue weighted by Gasteiger charge is 2.03. The van der Waals surface area contributed by atoms with Crippen LogP contribution in [0.3, 0.4) is 0 Å². The lowest BCUT2D eigenvalue weighted by atomic mass is 10.6. The van der Waals surface area contributed by atoms with Gasteiger partial charge in [-0.2, -0.15) is 0 Å². The van der Waals surface area contributed by atoms with E-state index in [0.29, 0.717) is 0 Å². The molecule has 0 saturated carbocycles. The van der Waals surface area contributed by atoms with Gasteiger partial charge >= 0.3 is 0 Å². The second-order valence-corrected chi connectivity index (χ2v) is 4.24. The van der Waals surface area contributed by atoms with Gasteiger partial charge in [-0.25, -0.2) is 9.97 Å². The average molecular weight is 212 g/mol. The van der Waals surface area contributed by atoms with Crippen molar-refractivity contribution in [2.24, 2.45) is 0 Å². The van der Waals surface area contributed by atoms with E-state index in [2.05, 4.69) is 16.9 Å². The van der Waals surface area contributed by atoms with Crippen LogP contribution < -0.4 is 0 Å². The zero-order valence-corrected chi connectivity index (χ0v) is 9.58. The van der Waals surface area contributed by atoms with Crippen molar-refractivity contribution in [2.45, 2.75) is 20.8 Å². The van der Waals surface area contributed by atoms with Crippen LogP contribution in [0.4, 0.5) is 0 Å². The molecule has 0 bridgehead atoms. The van der Waals surface area contributed by atoms with Crippen LogP contribution in [0.2, 0.25) is 0 Å². The normalized spacial score (nSPS) is 9.15. The maximum Gasteiger partial charge on any atom is 0.152 e. The summed E-state index contributed by atoms with van der Waals surface area (Å²) >= 11 is 3.31. The molecule has 0 N–H and O–H groups in total. The summed E-state index contributed by atoms with van der Waals surface area (Å²) in [6, 6.07) is 0. The van der Waals surface area contributed by atoms with Gasteiger partial charge in [-0.1, -0.05) is 13.8 Å². The van der Waals surface area contributed by atoms with E-state index < -0.39 is 0 Å². The topological polar surface area (TPSA) is 25.8 Å². The Morgan fingerprint density at radius 3 is 2.38 bits per heavy atom. The van der Waals surface area contributed by atoms with Crippen molar-refractivity contribution in [1.82, 2.24) is 9.97 Å². The number of hydrogen-bond donors (Lipinski definition) is 0. The maximum atomic E-state index is 4.22. The Bertz CT molecular complexity index is 338. The Labute approximate surface area is 86.3 Å². The molecule has 0 saturated heterocycles. The Morgan fingerprint density at radius 2 is 1.92 bits per heavy atom. The zero-order chi connectivity index (χ0) is 9.68. The second kappa shape index (κ2) is 5.09. The van der Waals surface area contributed by atoms with Gasteiger partial charge in [0.15, 0.2) is 10.0 Å². The van der Waals surface area contributed by atoms with Crippen LogP contribution in [0, 0.1) is 6.92 Å². The summed E-state index contributed by atoms with van der Waals surface area (Å²) in [5, 5.41) is 4.01. The van der Waals surface area contributed by atoms with E-state index >= 15 is 0 Å². The first-order valence-corrected chi connectivity index (χ1v) is 5.88. The predicted molar refractivity (Wildman–Crippen MR) is 59.3 cm³/mol. The molecule has 0 amide bonds. The Morgan fingerprint density at radius 1 is 1.15 bits per heavy atom. The van der Waals surface area contributed by atoms with Gasteiger partial charge in [0.25, 0.3) is 0 Å². The Kier molecular flexibility index (Phi) is 4.05. The SMILES string of the molecule is CC.Cc1cnc(-c2nccs2)s1. The van der Waals surface area contributed by atoms with Crippen molar-refractivity contribution < 1.29 is 0 Å². The van der Waals surface area contributed by atoms with Crippen molar-refractivity contribution in [3.63, 3.8) is 0 Å². The standard InChI is InChI=1S/C7H6N2S2.C2H6/c1-5-4-9-7(11-5)6-8-2-3-10-6;1-2/h2-4H,1H3;1-2H3. The molecular formula is C9H12N2S2. The first kappa shape index (κ1) is 10.3. The quantitative estimate of drug-likeness (QED) is 0.721. The summed E-state index contributed by atoms with van der Waals surface area (Å²) in [7, 11) is 0. The molecular weight excluding hydrogens is 200 g/mol. The molecule has 2 aromatic rings. The molecule has 2 nitrogen and oxygen atoms in total. The van der Waals surface area contributed by atoms with Crippen molar-refractivity contribution in [1.29, 1.82) is 0 Å². The summed E-state index contributed by atoms with van der Waals surface area (Å²) in [5.74, 6) is 0. The summed E-state index contributed by atoms with van der Waals surface area (Å²) in [5.41, 5.74) is 0. The predicted octanol–water partition coefficient (Wildman–Crippen LogP) is 3.60. The third-order valence-corrected chi connectivity index (χ3v) is 3.07. The summed E-state index contributed by atoms with van der Waals surface area (Å²) in [6.07, 6.45) is 3.68. The molecule has 13 heavy (non-hydrogen) atoms. The number of aryl methyl sites for hydroxylation is 1. The first-order chi connectivity index (χ1) is 6.36. The maximum absolute atomic E-state index is 4.22. The molecule has 0 radical (unpaired) electrons. The van der Waals surface area contributed by atoms with E-state index in [-0.39, 0.29) is 0 Å². The fourth-order valence-electron chi connectivity index (χ4n) is 0.783. The average Bonchev–Trinajstić information content (AvgIpc) is 2.77. The molecule has 2 heterocycles. The van der Waals surface area contributed by atoms with Crippen LogP contribution in [0.15, 0.2) is 17.8 Å². The number of rotatable bonds is 1. The first-order valence-electron chi connectivity index (χ1n) is 4.18. The molecule has 0 unspecified atom stereocenters. The summed E-state index contributed by atoms with van der Waals surface area (Å²) in [6.45, 7) is 6.05. The van der Waals surface area contributed by atoms with Crippen LogP contribution in [0.5, 0.6) is 0 Å². The summed E-state index contributed by atoms with van der Waals surface area (Å²) in [4.78, 5) is 9.62. The lowest BCUT2D eigenvalue weighted by molar-refractivity contribution is 1.34. The molecule has 0 aliphatic heterocycles. The molecule has 4 heteroatoms. The van der Waals surface area contributed by atoms with Crippen LogP contribution in [0.1, 0.15) is 18.7 Å². The van der Waals surface area contributed by atoms with Crippen molar-refractivity contribution >= 4 is 22.7 Å². The zero-order valence-electron chi connectivity index (χ0n) is 7.94. The van der Waals surface area contributed by atoms with Gasteiger partial charge in [0.05, 0.1) is 0 Å². The van der Waals surface area contributed by atoms with E-state index in [9.17, 15) is 0 Å². The smallest absolute Gasteiger partial charge is 0.152 e. The molecule has 0 fully saturated rings. The molecule has 0 aliphatic carbocycles. The highest BCUT2D eigenvalue weighted by atomic mass is 32.1. The van der Waals surface area contributed by atoms with Gasteiger partial charge in [0.1, 0.15) is 0 Å². The number of aromatic nitrogens is 2. The Hall–Kier alpha value is -0.740. The minimum absolute atomic E-state index is 1.02. The lowest BCUT2D eigenvalue weighted by Gasteiger charge is -1.82. The van der Waals surface area contributed by atoms with Gasteiger partial charge < -0.3 is 0 Å². The molecule has 0 aromatic carbocycles. The largest absolute Gasteiger partial charge is 0.242 e. The molecule has 70 valence electrons. The minimum Gasteiger partial charge on any atom is -0.242 e. The third-order valence-electron chi connectivity index (χ3n) is 1.24. The van der Waals surface area contributed by atoms with Gasteiger partial charge in [0.2, 0.25) is 0 Å². The Balaban J connectivity index is 0.000000396. The van der Waals surface area contributed by atoms with Gasteiger partial charge in [-0.3, -0.25) is 0 Å². The van der Waals surface area contributed by atoms with Crippen molar-refractivity contribution in [3.05, 3.63) is 22.7 Å². The van der Waals surface area contributed by atoms with Crippen molar-refractivity contribution in [3.8, 4) is 10.0 Å². The number of thiazole rings is 2. The van der Waals surface area contributed by atoms with E-state index in [1.54, 1.807) is 28.9 Å². The monoisotopic (exact) mass is 212 g/mol. The second-order valence-electron chi connectivity index (χ2n) is 2.11. The minimum atomic E-state index is 1.02. The lowest BCUT2D eigenvalue weighted by Crippen LogP contribution is -1.68. The van der Waals surface area contributed by atoms with Gasteiger partial charge in [0, 0.05) is 22.7 Å². The van der Waals surface area contributed by atoms with E-state index in [4.69, 9.17) is 0 Å². The molecule has 0 atom stereocenters. The number of nitrogens with zero attached hydrogens (tertiary/aromatic N) is 2. The van der Waals surface area contributed by atoms with E-state index in [0.717, 1.165) is 10.0 Å². The fraction of sp³-hybridized carbons (Fsp3) is 0.333. The van der Waals surface area contributed by atoms with Gasteiger partial charge in [-0.05, 0) is 6.92 Å². The van der Waals surface area contributed by atoms with Crippen LogP contribution in [0.25, 0.3) is 10.0 Å². The number of hydrogen-bond acceptors (Lipinski definition) is 4. The van der Waals surface area contributed by atoms with Crippen LogP contribution in [-0.2, 0) is 0 Å². The van der Waals surface area contributed by atoms with Gasteiger partial charge in [-0.15, -0.1) is 22.7 Å². The van der Waals surface area contributed by atoms with E-state index in [1.165, 1.54) is 4.88 Å². The summed E-state index contributed by atoms with van der Waals surface area (Å²) < 4.78 is 0. The molecule has 2 rings (SSSR count). The van der Waals surface area contributed by atoms with Crippen LogP contribution in [-0.4, -0.2) is 9.97 Å². The molecule has 0 spiro atoms. The van der Waals surface area contributed by atoms with Crippen LogP contribution >= 0.6 is 22.7 Å².